The van der Waals surface area contributed by atoms with Crippen molar-refractivity contribution in [1.29, 1.82) is 0 Å². The van der Waals surface area contributed by atoms with Gasteiger partial charge in [0.1, 0.15) is 17.3 Å². The number of halogens is 3. The molecular weight excluding hydrogens is 332 g/mol. The van der Waals surface area contributed by atoms with Crippen molar-refractivity contribution in [2.75, 3.05) is 12.4 Å². The maximum atomic E-state index is 13.6. The van der Waals surface area contributed by atoms with Gasteiger partial charge in [0.15, 0.2) is 11.5 Å². The Labute approximate surface area is 123 Å². The first kappa shape index (κ1) is 14.6. The molecule has 0 heterocycles. The molecule has 3 nitrogen and oxygen atoms in total. The molecule has 0 saturated carbocycles. The van der Waals surface area contributed by atoms with Gasteiger partial charge >= 0.3 is 0 Å². The Morgan fingerprint density at radius 1 is 1.25 bits per heavy atom. The van der Waals surface area contributed by atoms with Crippen molar-refractivity contribution in [3.63, 3.8) is 0 Å². The molecule has 2 aromatic rings. The summed E-state index contributed by atoms with van der Waals surface area (Å²) in [5, 5.41) is 12.5. The van der Waals surface area contributed by atoms with Crippen molar-refractivity contribution in [3.05, 3.63) is 52.0 Å². The Bertz CT molecular complexity index is 612. The van der Waals surface area contributed by atoms with Crippen LogP contribution in [0.1, 0.15) is 5.56 Å². The van der Waals surface area contributed by atoms with E-state index in [2.05, 4.69) is 21.2 Å². The number of rotatable bonds is 4. The van der Waals surface area contributed by atoms with Gasteiger partial charge in [0, 0.05) is 16.6 Å². The van der Waals surface area contributed by atoms with E-state index in [-0.39, 0.29) is 18.0 Å². The smallest absolute Gasteiger partial charge is 0.162 e. The van der Waals surface area contributed by atoms with Gasteiger partial charge in [-0.3, -0.25) is 0 Å². The highest BCUT2D eigenvalue weighted by Crippen LogP contribution is 2.30. The van der Waals surface area contributed by atoms with Crippen LogP contribution in [0.25, 0.3) is 0 Å². The predicted molar refractivity (Wildman–Crippen MR) is 76.0 cm³/mol. The molecule has 106 valence electrons. The minimum absolute atomic E-state index is 0.0552. The highest BCUT2D eigenvalue weighted by atomic mass is 79.9. The molecule has 2 N–H and O–H groups in total. The Hall–Kier alpha value is -1.82. The van der Waals surface area contributed by atoms with Gasteiger partial charge in [0.25, 0.3) is 0 Å². The molecule has 0 unspecified atom stereocenters. The lowest BCUT2D eigenvalue weighted by atomic mass is 10.1. The first-order valence-corrected chi connectivity index (χ1v) is 6.55. The molecule has 0 spiro atoms. The molecule has 0 fully saturated rings. The summed E-state index contributed by atoms with van der Waals surface area (Å²) in [6.07, 6.45) is 0. The number of nitrogens with one attached hydrogen (secondary N) is 1. The van der Waals surface area contributed by atoms with Gasteiger partial charge in [-0.15, -0.1) is 0 Å². The van der Waals surface area contributed by atoms with E-state index in [1.165, 1.54) is 7.11 Å². The molecule has 0 aromatic heterocycles. The quantitative estimate of drug-likeness (QED) is 0.879. The highest BCUT2D eigenvalue weighted by Gasteiger charge is 2.12. The standard InChI is InChI=1S/C14H12BrF2NO2/c1-20-12-4-2-3-8(14(12)19)7-18-13-10(16)5-9(15)6-11(13)17/h2-6,18-19H,7H2,1H3. The topological polar surface area (TPSA) is 41.5 Å². The number of hydrogen-bond donors (Lipinski definition) is 2. The van der Waals surface area contributed by atoms with Gasteiger partial charge in [0.05, 0.1) is 7.11 Å². The van der Waals surface area contributed by atoms with Crippen LogP contribution in [-0.4, -0.2) is 12.2 Å². The van der Waals surface area contributed by atoms with Crippen LogP contribution in [0, 0.1) is 11.6 Å². The third kappa shape index (κ3) is 3.01. The lowest BCUT2D eigenvalue weighted by Crippen LogP contribution is -2.04. The molecule has 0 aliphatic heterocycles. The summed E-state index contributed by atoms with van der Waals surface area (Å²) in [6.45, 7) is 0.0680. The third-order valence-electron chi connectivity index (χ3n) is 2.76. The molecule has 20 heavy (non-hydrogen) atoms. The van der Waals surface area contributed by atoms with Gasteiger partial charge in [-0.1, -0.05) is 28.1 Å². The van der Waals surface area contributed by atoms with E-state index in [0.29, 0.717) is 15.8 Å². The lowest BCUT2D eigenvalue weighted by molar-refractivity contribution is 0.371. The van der Waals surface area contributed by atoms with Gasteiger partial charge in [-0.25, -0.2) is 8.78 Å². The molecule has 0 amide bonds. The second kappa shape index (κ2) is 6.09. The molecular formula is C14H12BrF2NO2. The van der Waals surface area contributed by atoms with Gasteiger partial charge in [-0.2, -0.15) is 0 Å². The van der Waals surface area contributed by atoms with Crippen LogP contribution in [0.5, 0.6) is 11.5 Å². The van der Waals surface area contributed by atoms with Gasteiger partial charge in [-0.05, 0) is 18.2 Å². The Morgan fingerprint density at radius 3 is 2.50 bits per heavy atom. The average molecular weight is 344 g/mol. The van der Waals surface area contributed by atoms with E-state index in [0.717, 1.165) is 12.1 Å². The van der Waals surface area contributed by atoms with Crippen LogP contribution >= 0.6 is 15.9 Å². The summed E-state index contributed by atoms with van der Waals surface area (Å²) in [5.74, 6) is -1.17. The van der Waals surface area contributed by atoms with Crippen LogP contribution in [-0.2, 0) is 6.54 Å². The lowest BCUT2D eigenvalue weighted by Gasteiger charge is -2.12. The monoisotopic (exact) mass is 343 g/mol. The number of benzene rings is 2. The van der Waals surface area contributed by atoms with E-state index in [9.17, 15) is 13.9 Å². The molecule has 0 aliphatic carbocycles. The van der Waals surface area contributed by atoms with Crippen LogP contribution in [0.3, 0.4) is 0 Å². The zero-order valence-electron chi connectivity index (χ0n) is 10.6. The maximum Gasteiger partial charge on any atom is 0.162 e. The number of phenolic OH excluding ortho intramolecular Hbond substituents is 1. The first-order chi connectivity index (χ1) is 9.52. The number of anilines is 1. The fourth-order valence-corrected chi connectivity index (χ4v) is 2.17. The summed E-state index contributed by atoms with van der Waals surface area (Å²) in [7, 11) is 1.43. The van der Waals surface area contributed by atoms with Crippen LogP contribution in [0.15, 0.2) is 34.8 Å². The van der Waals surface area contributed by atoms with Gasteiger partial charge < -0.3 is 15.2 Å². The van der Waals surface area contributed by atoms with E-state index >= 15 is 0 Å². The third-order valence-corrected chi connectivity index (χ3v) is 3.22. The van der Waals surface area contributed by atoms with Crippen molar-refractivity contribution in [1.82, 2.24) is 0 Å². The summed E-state index contributed by atoms with van der Waals surface area (Å²) in [4.78, 5) is 0. The fraction of sp³-hybridized carbons (Fsp3) is 0.143. The number of phenols is 1. The van der Waals surface area contributed by atoms with Crippen LogP contribution in [0.4, 0.5) is 14.5 Å². The SMILES string of the molecule is COc1cccc(CNc2c(F)cc(Br)cc2F)c1O. The number of hydrogen-bond acceptors (Lipinski definition) is 3. The van der Waals surface area contributed by atoms with E-state index in [1.54, 1.807) is 18.2 Å². The van der Waals surface area contributed by atoms with Crippen LogP contribution < -0.4 is 10.1 Å². The number of aromatic hydroxyl groups is 1. The molecule has 0 bridgehead atoms. The van der Waals surface area contributed by atoms with E-state index in [1.807, 2.05) is 0 Å². The summed E-state index contributed by atoms with van der Waals surface area (Å²) < 4.78 is 32.6. The Morgan fingerprint density at radius 2 is 1.90 bits per heavy atom. The minimum Gasteiger partial charge on any atom is -0.504 e. The fourth-order valence-electron chi connectivity index (χ4n) is 1.77. The second-order valence-electron chi connectivity index (χ2n) is 4.07. The van der Waals surface area contributed by atoms with Crippen molar-refractivity contribution in [3.8, 4) is 11.5 Å². The number of para-hydroxylation sites is 1. The van der Waals surface area contributed by atoms with Crippen LogP contribution in [0.2, 0.25) is 0 Å². The Balaban J connectivity index is 2.21. The van der Waals surface area contributed by atoms with Crippen molar-refractivity contribution < 1.29 is 18.6 Å². The molecule has 2 aromatic carbocycles. The number of methoxy groups -OCH3 is 1. The predicted octanol–water partition coefficient (Wildman–Crippen LogP) is 4.05. The molecule has 0 saturated heterocycles. The summed E-state index contributed by atoms with van der Waals surface area (Å²) in [6, 6.07) is 7.25. The molecule has 0 radical (unpaired) electrons. The van der Waals surface area contributed by atoms with E-state index < -0.39 is 11.6 Å². The Kier molecular flexibility index (Phi) is 4.44. The molecule has 2 rings (SSSR count). The summed E-state index contributed by atoms with van der Waals surface area (Å²) in [5.41, 5.74) is 0.237. The maximum absolute atomic E-state index is 13.6. The molecule has 6 heteroatoms. The van der Waals surface area contributed by atoms with Crippen molar-refractivity contribution >= 4 is 21.6 Å². The van der Waals surface area contributed by atoms with Gasteiger partial charge in [0.2, 0.25) is 0 Å². The van der Waals surface area contributed by atoms with Crippen molar-refractivity contribution in [2.45, 2.75) is 6.54 Å². The molecule has 0 atom stereocenters. The summed E-state index contributed by atoms with van der Waals surface area (Å²) >= 11 is 3.01. The molecule has 0 aliphatic rings. The highest BCUT2D eigenvalue weighted by molar-refractivity contribution is 9.10. The van der Waals surface area contributed by atoms with E-state index in [4.69, 9.17) is 4.74 Å². The normalized spacial score (nSPS) is 10.4. The first-order valence-electron chi connectivity index (χ1n) is 5.76. The van der Waals surface area contributed by atoms with Crippen molar-refractivity contribution in [2.24, 2.45) is 0 Å². The zero-order valence-corrected chi connectivity index (χ0v) is 12.2. The second-order valence-corrected chi connectivity index (χ2v) is 4.98. The minimum atomic E-state index is -0.709. The number of ether oxygens (including phenoxy) is 1. The average Bonchev–Trinajstić information content (AvgIpc) is 2.39. The zero-order chi connectivity index (χ0) is 14.7. The largest absolute Gasteiger partial charge is 0.504 e.